The zero-order valence-corrected chi connectivity index (χ0v) is 19.2. The van der Waals surface area contributed by atoms with E-state index in [1.54, 1.807) is 36.3 Å². The number of ether oxygens (including phenoxy) is 2. The molecule has 1 heterocycles. The zero-order chi connectivity index (χ0) is 22.6. The Morgan fingerprint density at radius 1 is 1.13 bits per heavy atom. The first-order chi connectivity index (χ1) is 14.7. The fourth-order valence-corrected chi connectivity index (χ4v) is 4.82. The van der Waals surface area contributed by atoms with Crippen LogP contribution in [-0.4, -0.2) is 57.4 Å². The Morgan fingerprint density at radius 3 is 2.58 bits per heavy atom. The third-order valence-corrected chi connectivity index (χ3v) is 6.79. The number of carbonyl (C=O) groups is 1. The molecule has 0 spiro atoms. The van der Waals surface area contributed by atoms with Crippen molar-refractivity contribution >= 4 is 21.6 Å². The molecule has 2 aromatic carbocycles. The summed E-state index contributed by atoms with van der Waals surface area (Å²) >= 11 is 0. The van der Waals surface area contributed by atoms with E-state index < -0.39 is 10.0 Å². The molecule has 0 bridgehead atoms. The molecule has 1 saturated heterocycles. The van der Waals surface area contributed by atoms with Crippen LogP contribution in [0.2, 0.25) is 0 Å². The van der Waals surface area contributed by atoms with Gasteiger partial charge in [-0.25, -0.2) is 8.42 Å². The number of hydrogen-bond donors (Lipinski definition) is 1. The number of carbonyl (C=O) groups excluding carboxylic acids is 1. The summed E-state index contributed by atoms with van der Waals surface area (Å²) < 4.78 is 38.3. The summed E-state index contributed by atoms with van der Waals surface area (Å²) in [6.45, 7) is 6.52. The van der Waals surface area contributed by atoms with Crippen LogP contribution in [0.4, 0.5) is 5.69 Å². The minimum atomic E-state index is -3.39. The summed E-state index contributed by atoms with van der Waals surface area (Å²) in [4.78, 5) is 14.8. The second kappa shape index (κ2) is 9.70. The van der Waals surface area contributed by atoms with Gasteiger partial charge in [0.1, 0.15) is 18.0 Å². The maximum atomic E-state index is 13.1. The summed E-state index contributed by atoms with van der Waals surface area (Å²) in [5.41, 5.74) is 3.09. The van der Waals surface area contributed by atoms with Crippen molar-refractivity contribution < 1.29 is 22.7 Å². The molecule has 1 unspecified atom stereocenters. The van der Waals surface area contributed by atoms with E-state index in [-0.39, 0.29) is 23.9 Å². The zero-order valence-electron chi connectivity index (χ0n) is 18.4. The summed E-state index contributed by atoms with van der Waals surface area (Å²) in [7, 11) is -1.79. The number of methoxy groups -OCH3 is 1. The number of nitrogens with zero attached hydrogens (tertiary/aromatic N) is 1. The summed E-state index contributed by atoms with van der Waals surface area (Å²) in [6, 6.07) is 12.7. The van der Waals surface area contributed by atoms with Gasteiger partial charge in [0.2, 0.25) is 10.0 Å². The van der Waals surface area contributed by atoms with Gasteiger partial charge >= 0.3 is 0 Å². The van der Waals surface area contributed by atoms with E-state index in [9.17, 15) is 13.2 Å². The van der Waals surface area contributed by atoms with Crippen molar-refractivity contribution in [2.75, 3.05) is 30.7 Å². The highest BCUT2D eigenvalue weighted by Crippen LogP contribution is 2.25. The van der Waals surface area contributed by atoms with E-state index in [4.69, 9.17) is 9.47 Å². The van der Waals surface area contributed by atoms with Crippen LogP contribution in [0.15, 0.2) is 42.5 Å². The standard InChI is InChI=1S/C23H30N2O5S/c1-5-11-31(27,28)24-18-7-6-8-19(13-18)30-22-15-25(14-21(22)29-4)23(26)20-12-16(2)9-10-17(20)3/h6-10,12-13,21-22,24H,5,11,14-15H2,1-4H3/t21?,22-/m1/s1. The monoisotopic (exact) mass is 446 g/mol. The molecule has 168 valence electrons. The largest absolute Gasteiger partial charge is 0.486 e. The van der Waals surface area contributed by atoms with E-state index in [0.717, 1.165) is 11.1 Å². The van der Waals surface area contributed by atoms with Crippen LogP contribution in [0.3, 0.4) is 0 Å². The molecule has 2 atom stereocenters. The summed E-state index contributed by atoms with van der Waals surface area (Å²) in [6.07, 6.45) is -0.107. The van der Waals surface area contributed by atoms with Gasteiger partial charge in [0.05, 0.1) is 24.5 Å². The molecule has 1 N–H and O–H groups in total. The van der Waals surface area contributed by atoms with E-state index in [1.165, 1.54) is 0 Å². The number of rotatable bonds is 8. The second-order valence-electron chi connectivity index (χ2n) is 7.91. The number of nitrogens with one attached hydrogen (secondary N) is 1. The maximum absolute atomic E-state index is 13.1. The fraction of sp³-hybridized carbons (Fsp3) is 0.435. The molecule has 0 aromatic heterocycles. The minimum Gasteiger partial charge on any atom is -0.486 e. The molecular formula is C23H30N2O5S. The third-order valence-electron chi connectivity index (χ3n) is 5.30. The van der Waals surface area contributed by atoms with Crippen molar-refractivity contribution in [3.63, 3.8) is 0 Å². The van der Waals surface area contributed by atoms with E-state index in [2.05, 4.69) is 4.72 Å². The number of amides is 1. The predicted octanol–water partition coefficient (Wildman–Crippen LogP) is 3.37. The molecular weight excluding hydrogens is 416 g/mol. The number of likely N-dealkylation sites (tertiary alicyclic amines) is 1. The van der Waals surface area contributed by atoms with Crippen molar-refractivity contribution in [3.05, 3.63) is 59.2 Å². The maximum Gasteiger partial charge on any atom is 0.254 e. The first kappa shape index (κ1) is 23.1. The van der Waals surface area contributed by atoms with Crippen LogP contribution in [0.1, 0.15) is 34.8 Å². The number of anilines is 1. The quantitative estimate of drug-likeness (QED) is 0.672. The van der Waals surface area contributed by atoms with Gasteiger partial charge in [-0.3, -0.25) is 9.52 Å². The summed E-state index contributed by atoms with van der Waals surface area (Å²) in [5, 5.41) is 0. The van der Waals surface area contributed by atoms with Crippen molar-refractivity contribution in [3.8, 4) is 5.75 Å². The Kier molecular flexibility index (Phi) is 7.23. The molecule has 7 nitrogen and oxygen atoms in total. The van der Waals surface area contributed by atoms with Crippen molar-refractivity contribution in [2.45, 2.75) is 39.4 Å². The van der Waals surface area contributed by atoms with E-state index >= 15 is 0 Å². The van der Waals surface area contributed by atoms with Gasteiger partial charge in [-0.1, -0.05) is 30.7 Å². The molecule has 8 heteroatoms. The van der Waals surface area contributed by atoms with Crippen LogP contribution < -0.4 is 9.46 Å². The van der Waals surface area contributed by atoms with Crippen molar-refractivity contribution in [1.29, 1.82) is 0 Å². The summed E-state index contributed by atoms with van der Waals surface area (Å²) in [5.74, 6) is 0.530. The second-order valence-corrected chi connectivity index (χ2v) is 9.75. The molecule has 0 radical (unpaired) electrons. The van der Waals surface area contributed by atoms with Gasteiger partial charge in [0, 0.05) is 18.7 Å². The van der Waals surface area contributed by atoms with Gasteiger partial charge in [-0.05, 0) is 44.0 Å². The molecule has 31 heavy (non-hydrogen) atoms. The Labute approximate surface area is 184 Å². The number of sulfonamides is 1. The van der Waals surface area contributed by atoms with Gasteiger partial charge < -0.3 is 14.4 Å². The molecule has 1 aliphatic rings. The molecule has 0 saturated carbocycles. The molecule has 1 aliphatic heterocycles. The SMILES string of the molecule is CCCS(=O)(=O)Nc1cccc(O[C@@H]2CN(C(=O)c3cc(C)ccc3C)CC2OC)c1. The lowest BCUT2D eigenvalue weighted by Gasteiger charge is -2.19. The lowest BCUT2D eigenvalue weighted by Crippen LogP contribution is -2.32. The van der Waals surface area contributed by atoms with Gasteiger partial charge in [-0.2, -0.15) is 0 Å². The third kappa shape index (κ3) is 5.77. The van der Waals surface area contributed by atoms with Gasteiger partial charge in [0.25, 0.3) is 5.91 Å². The molecule has 0 aliphatic carbocycles. The lowest BCUT2D eigenvalue weighted by atomic mass is 10.0. The number of benzene rings is 2. The number of hydrogen-bond acceptors (Lipinski definition) is 5. The van der Waals surface area contributed by atoms with Crippen molar-refractivity contribution in [1.82, 2.24) is 4.90 Å². The van der Waals surface area contributed by atoms with Gasteiger partial charge in [-0.15, -0.1) is 0 Å². The molecule has 1 amide bonds. The molecule has 1 fully saturated rings. The highest BCUT2D eigenvalue weighted by Gasteiger charge is 2.37. The average molecular weight is 447 g/mol. The Balaban J connectivity index is 1.73. The average Bonchev–Trinajstić information content (AvgIpc) is 3.12. The lowest BCUT2D eigenvalue weighted by molar-refractivity contribution is 0.0340. The first-order valence-electron chi connectivity index (χ1n) is 10.4. The Hall–Kier alpha value is -2.58. The van der Waals surface area contributed by atoms with Crippen LogP contribution in [0, 0.1) is 13.8 Å². The normalized spacial score (nSPS) is 18.8. The van der Waals surface area contributed by atoms with E-state index in [1.807, 2.05) is 39.0 Å². The topological polar surface area (TPSA) is 84.9 Å². The molecule has 2 aromatic rings. The van der Waals surface area contributed by atoms with E-state index in [0.29, 0.717) is 36.5 Å². The first-order valence-corrected chi connectivity index (χ1v) is 12.0. The van der Waals surface area contributed by atoms with Crippen LogP contribution in [-0.2, 0) is 14.8 Å². The Bertz CT molecular complexity index is 1040. The van der Waals surface area contributed by atoms with Crippen LogP contribution >= 0.6 is 0 Å². The Morgan fingerprint density at radius 2 is 1.87 bits per heavy atom. The number of aryl methyl sites for hydroxylation is 2. The highest BCUT2D eigenvalue weighted by atomic mass is 32.2. The smallest absolute Gasteiger partial charge is 0.254 e. The minimum absolute atomic E-state index is 0.0459. The van der Waals surface area contributed by atoms with Crippen molar-refractivity contribution in [2.24, 2.45) is 0 Å². The van der Waals surface area contributed by atoms with Crippen LogP contribution in [0.5, 0.6) is 5.75 Å². The highest BCUT2D eigenvalue weighted by molar-refractivity contribution is 7.92. The van der Waals surface area contributed by atoms with Crippen LogP contribution in [0.25, 0.3) is 0 Å². The fourth-order valence-electron chi connectivity index (χ4n) is 3.69. The van der Waals surface area contributed by atoms with Gasteiger partial charge in [0.15, 0.2) is 0 Å². The predicted molar refractivity (Wildman–Crippen MR) is 121 cm³/mol. The molecule has 3 rings (SSSR count).